The second kappa shape index (κ2) is 9.23. The fourth-order valence-corrected chi connectivity index (χ4v) is 2.66. The molecule has 1 amide bonds. The summed E-state index contributed by atoms with van der Waals surface area (Å²) in [6.45, 7) is 6.56. The standard InChI is InChI=1S/C16H25FN2O5S/c1-10(19-25(22)16(2,3)4)13-7-11(17)5-6-14(13)23-9-12(8-20)24-15(18)21/h5-7,10,12,19-20H,8-9H2,1-4H3,(H2,18,21). The molecule has 1 rings (SSSR count). The number of rotatable bonds is 8. The van der Waals surface area contributed by atoms with Crippen molar-refractivity contribution >= 4 is 17.5 Å². The first-order chi connectivity index (χ1) is 11.5. The highest BCUT2D eigenvalue weighted by molar-refractivity contribution is 7.90. The van der Waals surface area contributed by atoms with Crippen LogP contribution in [0.25, 0.3) is 0 Å². The van der Waals surface area contributed by atoms with Gasteiger partial charge in [-0.15, -0.1) is 4.72 Å². The first-order valence-corrected chi connectivity index (χ1v) is 8.86. The molecule has 0 radical (unpaired) electrons. The molecule has 1 aromatic rings. The number of ether oxygens (including phenoxy) is 2. The van der Waals surface area contributed by atoms with Crippen LogP contribution < -0.4 is 15.2 Å². The molecule has 0 aromatic heterocycles. The Kier molecular flexibility index (Phi) is 7.94. The third-order valence-corrected chi connectivity index (χ3v) is 4.87. The average molecular weight is 376 g/mol. The van der Waals surface area contributed by atoms with Crippen molar-refractivity contribution in [3.05, 3.63) is 29.6 Å². The summed E-state index contributed by atoms with van der Waals surface area (Å²) in [4.78, 5) is 10.8. The number of nitrogens with two attached hydrogens (primary N) is 1. The van der Waals surface area contributed by atoms with Crippen LogP contribution in [0.3, 0.4) is 0 Å². The Morgan fingerprint density at radius 1 is 1.48 bits per heavy atom. The zero-order valence-corrected chi connectivity index (χ0v) is 15.6. The van der Waals surface area contributed by atoms with E-state index in [9.17, 15) is 13.7 Å². The number of aliphatic hydroxyl groups excluding tert-OH is 1. The van der Waals surface area contributed by atoms with Crippen LogP contribution in [0.1, 0.15) is 39.3 Å². The molecular formula is C16H25FN2O5S. The highest BCUT2D eigenvalue weighted by Gasteiger charge is 2.29. The SMILES string of the molecule is CC(N[S+]([O-])C(C)(C)C)c1cc(F)ccc1OCC(CO)OC(N)=O. The van der Waals surface area contributed by atoms with Crippen molar-refractivity contribution in [2.24, 2.45) is 5.73 Å². The van der Waals surface area contributed by atoms with Gasteiger partial charge in [0, 0.05) is 16.9 Å². The van der Waals surface area contributed by atoms with Crippen LogP contribution in [0.15, 0.2) is 18.2 Å². The molecule has 0 fully saturated rings. The van der Waals surface area contributed by atoms with E-state index < -0.39 is 46.8 Å². The number of aliphatic hydroxyl groups is 1. The third-order valence-electron chi connectivity index (χ3n) is 3.19. The lowest BCUT2D eigenvalue weighted by Crippen LogP contribution is -2.40. The number of carbonyl (C=O) groups excluding carboxylic acids is 1. The van der Waals surface area contributed by atoms with Crippen LogP contribution in [0.4, 0.5) is 9.18 Å². The van der Waals surface area contributed by atoms with E-state index in [0.717, 1.165) is 0 Å². The van der Waals surface area contributed by atoms with Gasteiger partial charge < -0.3 is 24.9 Å². The Morgan fingerprint density at radius 2 is 2.12 bits per heavy atom. The van der Waals surface area contributed by atoms with Crippen molar-refractivity contribution in [1.82, 2.24) is 4.72 Å². The summed E-state index contributed by atoms with van der Waals surface area (Å²) in [5, 5.41) is 9.16. The van der Waals surface area contributed by atoms with Crippen molar-refractivity contribution in [1.29, 1.82) is 0 Å². The fourth-order valence-electron chi connectivity index (χ4n) is 1.86. The molecular weight excluding hydrogens is 351 g/mol. The molecule has 25 heavy (non-hydrogen) atoms. The highest BCUT2D eigenvalue weighted by Crippen LogP contribution is 2.28. The van der Waals surface area contributed by atoms with Crippen LogP contribution in [0, 0.1) is 5.82 Å². The molecule has 0 spiro atoms. The minimum atomic E-state index is -1.36. The number of hydrogen-bond donors (Lipinski definition) is 3. The number of primary amides is 1. The monoisotopic (exact) mass is 376 g/mol. The number of nitrogens with one attached hydrogen (secondary N) is 1. The summed E-state index contributed by atoms with van der Waals surface area (Å²) in [5.41, 5.74) is 5.36. The van der Waals surface area contributed by atoms with Crippen molar-refractivity contribution in [3.8, 4) is 5.75 Å². The number of halogens is 1. The van der Waals surface area contributed by atoms with Gasteiger partial charge in [-0.05, 0) is 45.9 Å². The molecule has 1 aromatic carbocycles. The van der Waals surface area contributed by atoms with E-state index in [4.69, 9.17) is 15.6 Å². The van der Waals surface area contributed by atoms with Gasteiger partial charge in [0.2, 0.25) is 0 Å². The van der Waals surface area contributed by atoms with Crippen molar-refractivity contribution in [2.75, 3.05) is 13.2 Å². The first-order valence-electron chi connectivity index (χ1n) is 7.71. The van der Waals surface area contributed by atoms with Crippen molar-refractivity contribution in [3.63, 3.8) is 0 Å². The molecule has 4 N–H and O–H groups in total. The molecule has 7 nitrogen and oxygen atoms in total. The van der Waals surface area contributed by atoms with Gasteiger partial charge in [0.15, 0.2) is 6.10 Å². The Labute approximate surface area is 150 Å². The lowest BCUT2D eigenvalue weighted by Gasteiger charge is -2.27. The molecule has 0 saturated carbocycles. The van der Waals surface area contributed by atoms with Crippen LogP contribution in [0.5, 0.6) is 5.75 Å². The Bertz CT molecular complexity index is 582. The molecule has 0 bridgehead atoms. The minimum Gasteiger partial charge on any atom is -0.598 e. The van der Waals surface area contributed by atoms with Gasteiger partial charge in [0.05, 0.1) is 12.6 Å². The first kappa shape index (κ1) is 21.5. The van der Waals surface area contributed by atoms with E-state index >= 15 is 0 Å². The predicted molar refractivity (Wildman–Crippen MR) is 92.9 cm³/mol. The van der Waals surface area contributed by atoms with Gasteiger partial charge >= 0.3 is 6.09 Å². The van der Waals surface area contributed by atoms with Gasteiger partial charge in [0.1, 0.15) is 22.9 Å². The maximum Gasteiger partial charge on any atom is 0.404 e. The topological polar surface area (TPSA) is 117 Å². The van der Waals surface area contributed by atoms with E-state index in [2.05, 4.69) is 9.46 Å². The molecule has 0 aliphatic heterocycles. The zero-order chi connectivity index (χ0) is 19.2. The third kappa shape index (κ3) is 7.07. The Balaban J connectivity index is 2.89. The molecule has 142 valence electrons. The molecule has 3 unspecified atom stereocenters. The van der Waals surface area contributed by atoms with Gasteiger partial charge in [-0.1, -0.05) is 0 Å². The molecule has 9 heteroatoms. The summed E-state index contributed by atoms with van der Waals surface area (Å²) >= 11 is -1.36. The van der Waals surface area contributed by atoms with E-state index in [1.807, 2.05) is 20.8 Å². The lowest BCUT2D eigenvalue weighted by atomic mass is 10.1. The number of carbonyl (C=O) groups is 1. The normalized spacial score (nSPS) is 15.3. The maximum absolute atomic E-state index is 13.6. The fraction of sp³-hybridized carbons (Fsp3) is 0.562. The largest absolute Gasteiger partial charge is 0.598 e. The second-order valence-electron chi connectivity index (χ2n) is 6.46. The molecule has 3 atom stereocenters. The van der Waals surface area contributed by atoms with Gasteiger partial charge in [-0.3, -0.25) is 0 Å². The molecule has 0 saturated heterocycles. The summed E-state index contributed by atoms with van der Waals surface area (Å²) in [6.07, 6.45) is -1.97. The molecule has 0 aliphatic rings. The van der Waals surface area contributed by atoms with Gasteiger partial charge in [0.25, 0.3) is 0 Å². The highest BCUT2D eigenvalue weighted by atomic mass is 32.2. The van der Waals surface area contributed by atoms with E-state index in [0.29, 0.717) is 11.3 Å². The van der Waals surface area contributed by atoms with E-state index in [1.165, 1.54) is 18.2 Å². The smallest absolute Gasteiger partial charge is 0.404 e. The Morgan fingerprint density at radius 3 is 2.64 bits per heavy atom. The van der Waals surface area contributed by atoms with Crippen LogP contribution in [0.2, 0.25) is 0 Å². The molecule has 0 aliphatic carbocycles. The van der Waals surface area contributed by atoms with E-state index in [1.54, 1.807) is 6.92 Å². The summed E-state index contributed by atoms with van der Waals surface area (Å²) < 4.78 is 38.5. The maximum atomic E-state index is 13.6. The van der Waals surface area contributed by atoms with Gasteiger partial charge in [-0.25, -0.2) is 9.18 Å². The number of hydrogen-bond acceptors (Lipinski definition) is 6. The Hall–Kier alpha value is -1.55. The predicted octanol–water partition coefficient (Wildman–Crippen LogP) is 1.77. The van der Waals surface area contributed by atoms with E-state index in [-0.39, 0.29) is 6.61 Å². The van der Waals surface area contributed by atoms with Crippen molar-refractivity contribution in [2.45, 2.75) is 44.6 Å². The summed E-state index contributed by atoms with van der Waals surface area (Å²) in [6, 6.07) is 3.45. The average Bonchev–Trinajstić information content (AvgIpc) is 2.50. The number of amides is 1. The van der Waals surface area contributed by atoms with Crippen LogP contribution >= 0.6 is 0 Å². The number of benzene rings is 1. The minimum absolute atomic E-state index is 0.160. The molecule has 0 heterocycles. The van der Waals surface area contributed by atoms with Crippen molar-refractivity contribution < 1.29 is 28.3 Å². The lowest BCUT2D eigenvalue weighted by molar-refractivity contribution is 0.0332. The van der Waals surface area contributed by atoms with Gasteiger partial charge in [-0.2, -0.15) is 0 Å². The summed E-state index contributed by atoms with van der Waals surface area (Å²) in [7, 11) is 0. The second-order valence-corrected chi connectivity index (χ2v) is 8.45. The van der Waals surface area contributed by atoms with Crippen LogP contribution in [-0.2, 0) is 16.1 Å². The quantitative estimate of drug-likeness (QED) is 0.595. The van der Waals surface area contributed by atoms with Crippen LogP contribution in [-0.4, -0.2) is 39.8 Å². The zero-order valence-electron chi connectivity index (χ0n) is 14.7. The summed E-state index contributed by atoms with van der Waals surface area (Å²) in [5.74, 6) is -0.150.